The first-order valence-electron chi connectivity index (χ1n) is 14.7. The lowest BCUT2D eigenvalue weighted by molar-refractivity contribution is -0.441. The zero-order chi connectivity index (χ0) is 35.5. The first-order chi connectivity index (χ1) is 20.3. The van der Waals surface area contributed by atoms with Crippen LogP contribution in [-0.4, -0.2) is 60.2 Å². The zero-order valence-corrected chi connectivity index (χ0v) is 25.2. The number of hydrogen-bond acceptors (Lipinski definition) is 2. The Morgan fingerprint density at radius 1 is 0.489 bits per heavy atom. The molecule has 0 aromatic heterocycles. The molecule has 0 radical (unpaired) electrons. The van der Waals surface area contributed by atoms with Crippen LogP contribution >= 0.6 is 0 Å². The Bertz CT molecular complexity index is 874. The van der Waals surface area contributed by atoms with Crippen LogP contribution in [-0.2, 0) is 9.53 Å². The molecule has 1 unspecified atom stereocenters. The minimum Gasteiger partial charge on any atom is -0.461 e. The molecule has 0 aromatic rings. The monoisotopic (exact) mass is 694 g/mol. The molecular formula is C28H41F15O2. The molecule has 0 bridgehead atoms. The molecule has 0 fully saturated rings. The van der Waals surface area contributed by atoms with Gasteiger partial charge in [0.2, 0.25) is 0 Å². The summed E-state index contributed by atoms with van der Waals surface area (Å²) < 4.78 is 208. The maximum absolute atomic E-state index is 13.9. The van der Waals surface area contributed by atoms with E-state index in [1.165, 1.54) is 25.7 Å². The fourth-order valence-electron chi connectivity index (χ4n) is 4.23. The largest absolute Gasteiger partial charge is 0.461 e. The summed E-state index contributed by atoms with van der Waals surface area (Å²) in [5, 5.41) is 0. The number of carbonyl (C=O) groups is 1. The first kappa shape index (κ1) is 43.4. The summed E-state index contributed by atoms with van der Waals surface area (Å²) in [5.74, 6) is -57.3. The third kappa shape index (κ3) is 9.96. The van der Waals surface area contributed by atoms with Crippen LogP contribution < -0.4 is 0 Å². The van der Waals surface area contributed by atoms with Gasteiger partial charge >= 0.3 is 47.4 Å². The summed E-state index contributed by atoms with van der Waals surface area (Å²) in [4.78, 5) is 11.4. The van der Waals surface area contributed by atoms with Gasteiger partial charge in [-0.3, -0.25) is 0 Å². The SMILES string of the molecule is CC(C)CCCCCCCCCCCCCCCOC(=O)C(F)(F)C(F)(F)C(F)(F)C(F)(F)C(F)(F)C(F)(F)C(F)(F)C(C)F. The highest BCUT2D eigenvalue weighted by molar-refractivity contribution is 5.79. The topological polar surface area (TPSA) is 26.3 Å². The predicted molar refractivity (Wildman–Crippen MR) is 136 cm³/mol. The number of unbranched alkanes of at least 4 members (excludes halogenated alkanes) is 12. The van der Waals surface area contributed by atoms with Gasteiger partial charge in [-0.25, -0.2) is 9.18 Å². The van der Waals surface area contributed by atoms with Crippen molar-refractivity contribution in [1.82, 2.24) is 0 Å². The molecule has 0 rings (SSSR count). The molecule has 0 aliphatic heterocycles. The van der Waals surface area contributed by atoms with Crippen molar-refractivity contribution < 1.29 is 75.4 Å². The molecule has 0 amide bonds. The van der Waals surface area contributed by atoms with Gasteiger partial charge in [-0.2, -0.15) is 61.5 Å². The Balaban J connectivity index is 4.85. The Hall–Kier alpha value is -1.58. The number of hydrogen-bond donors (Lipinski definition) is 0. The van der Waals surface area contributed by atoms with E-state index in [1.54, 1.807) is 0 Å². The molecule has 0 aliphatic carbocycles. The average Bonchev–Trinajstić information content (AvgIpc) is 2.91. The lowest BCUT2D eigenvalue weighted by Gasteiger charge is -2.42. The third-order valence-corrected chi connectivity index (χ3v) is 7.31. The van der Waals surface area contributed by atoms with Crippen molar-refractivity contribution in [3.05, 3.63) is 0 Å². The van der Waals surface area contributed by atoms with Crippen LogP contribution in [0.1, 0.15) is 111 Å². The van der Waals surface area contributed by atoms with Crippen molar-refractivity contribution in [2.24, 2.45) is 5.92 Å². The molecule has 0 heterocycles. The summed E-state index contributed by atoms with van der Waals surface area (Å²) in [7, 11) is 0. The lowest BCUT2D eigenvalue weighted by Crippen LogP contribution is -2.74. The maximum atomic E-state index is 13.9. The van der Waals surface area contributed by atoms with E-state index in [0.29, 0.717) is 18.8 Å². The molecule has 45 heavy (non-hydrogen) atoms. The number of esters is 1. The van der Waals surface area contributed by atoms with E-state index in [4.69, 9.17) is 0 Å². The van der Waals surface area contributed by atoms with Crippen molar-refractivity contribution >= 4 is 5.97 Å². The van der Waals surface area contributed by atoms with Crippen LogP contribution in [0.2, 0.25) is 0 Å². The van der Waals surface area contributed by atoms with Gasteiger partial charge in [0.05, 0.1) is 6.61 Å². The van der Waals surface area contributed by atoms with E-state index in [9.17, 15) is 70.7 Å². The fourth-order valence-corrected chi connectivity index (χ4v) is 4.23. The number of alkyl halides is 15. The normalized spacial score (nSPS) is 15.1. The minimum atomic E-state index is -8.37. The van der Waals surface area contributed by atoms with E-state index in [2.05, 4.69) is 18.6 Å². The van der Waals surface area contributed by atoms with Crippen molar-refractivity contribution in [2.75, 3.05) is 6.61 Å². The molecule has 0 aromatic carbocycles. The summed E-state index contributed by atoms with van der Waals surface area (Å²) in [5.41, 5.74) is 0. The highest BCUT2D eigenvalue weighted by Gasteiger charge is 2.94. The van der Waals surface area contributed by atoms with E-state index in [0.717, 1.165) is 38.5 Å². The second kappa shape index (κ2) is 17.0. The number of halogens is 15. The standard InChI is InChI=1S/C28H41F15O2/c1-19(2)17-15-13-11-9-7-5-4-6-8-10-12-14-16-18-45-21(44)23(32,33)25(36,37)27(40,41)28(42,43)26(38,39)24(34,35)22(30,31)20(3)29/h19-20H,4-18H2,1-3H3. The van der Waals surface area contributed by atoms with Crippen LogP contribution in [0.4, 0.5) is 65.9 Å². The number of ether oxygens (including phenoxy) is 1. The van der Waals surface area contributed by atoms with E-state index < -0.39 is 67.1 Å². The first-order valence-corrected chi connectivity index (χ1v) is 14.7. The molecule has 17 heteroatoms. The summed E-state index contributed by atoms with van der Waals surface area (Å²) in [6, 6.07) is 0. The average molecular weight is 695 g/mol. The van der Waals surface area contributed by atoms with Crippen molar-refractivity contribution in [3.8, 4) is 0 Å². The van der Waals surface area contributed by atoms with Gasteiger partial charge in [0.25, 0.3) is 0 Å². The highest BCUT2D eigenvalue weighted by Crippen LogP contribution is 2.62. The molecular weight excluding hydrogens is 653 g/mol. The van der Waals surface area contributed by atoms with Gasteiger partial charge in [0.1, 0.15) is 0 Å². The lowest BCUT2D eigenvalue weighted by atomic mass is 9.88. The van der Waals surface area contributed by atoms with Crippen molar-refractivity contribution in [3.63, 3.8) is 0 Å². The molecule has 0 N–H and O–H groups in total. The van der Waals surface area contributed by atoms with Gasteiger partial charge in [0, 0.05) is 0 Å². The van der Waals surface area contributed by atoms with Crippen molar-refractivity contribution in [2.45, 2.75) is 158 Å². The van der Waals surface area contributed by atoms with E-state index in [1.807, 2.05) is 0 Å². The Morgan fingerprint density at radius 2 is 0.800 bits per heavy atom. The highest BCUT2D eigenvalue weighted by atomic mass is 19.4. The molecule has 0 aliphatic rings. The van der Waals surface area contributed by atoms with Crippen LogP contribution in [0.15, 0.2) is 0 Å². The second-order valence-electron chi connectivity index (χ2n) is 11.6. The van der Waals surface area contributed by atoms with Crippen molar-refractivity contribution in [1.29, 1.82) is 0 Å². The van der Waals surface area contributed by atoms with Crippen LogP contribution in [0, 0.1) is 5.92 Å². The van der Waals surface area contributed by atoms with Crippen LogP contribution in [0.5, 0.6) is 0 Å². The number of carbonyl (C=O) groups excluding carboxylic acids is 1. The second-order valence-corrected chi connectivity index (χ2v) is 11.6. The molecule has 0 spiro atoms. The van der Waals surface area contributed by atoms with Crippen LogP contribution in [0.25, 0.3) is 0 Å². The smallest absolute Gasteiger partial charge is 0.410 e. The third-order valence-electron chi connectivity index (χ3n) is 7.31. The van der Waals surface area contributed by atoms with E-state index in [-0.39, 0.29) is 12.8 Å². The number of rotatable bonds is 24. The van der Waals surface area contributed by atoms with Gasteiger partial charge in [-0.05, 0) is 19.3 Å². The Labute approximate surface area is 252 Å². The fraction of sp³-hybridized carbons (Fsp3) is 0.964. The van der Waals surface area contributed by atoms with Gasteiger partial charge in [-0.15, -0.1) is 0 Å². The van der Waals surface area contributed by atoms with Gasteiger partial charge < -0.3 is 4.74 Å². The Kier molecular flexibility index (Phi) is 16.4. The van der Waals surface area contributed by atoms with Gasteiger partial charge in [-0.1, -0.05) is 97.3 Å². The quantitative estimate of drug-likeness (QED) is 0.0571. The minimum absolute atomic E-state index is 0.169. The molecule has 0 saturated heterocycles. The Morgan fingerprint density at radius 3 is 1.16 bits per heavy atom. The maximum Gasteiger partial charge on any atom is 0.410 e. The van der Waals surface area contributed by atoms with Gasteiger partial charge in [0.15, 0.2) is 6.17 Å². The molecule has 1 atom stereocenters. The molecule has 0 saturated carbocycles. The molecule has 270 valence electrons. The summed E-state index contributed by atoms with van der Waals surface area (Å²) in [6.07, 6.45) is 7.34. The summed E-state index contributed by atoms with van der Waals surface area (Å²) in [6.45, 7) is 2.66. The zero-order valence-electron chi connectivity index (χ0n) is 25.2. The summed E-state index contributed by atoms with van der Waals surface area (Å²) >= 11 is 0. The predicted octanol–water partition coefficient (Wildman–Crippen LogP) is 11.5. The van der Waals surface area contributed by atoms with E-state index >= 15 is 0 Å². The van der Waals surface area contributed by atoms with Crippen LogP contribution in [0.3, 0.4) is 0 Å². The molecule has 2 nitrogen and oxygen atoms in total.